The fourth-order valence-electron chi connectivity index (χ4n) is 3.80. The predicted octanol–water partition coefficient (Wildman–Crippen LogP) is 2.64. The maximum Gasteiger partial charge on any atom is 0.407 e. The first-order valence-corrected chi connectivity index (χ1v) is 8.04. The number of amides is 1. The Balaban J connectivity index is 1.63. The molecule has 3 atom stereocenters. The second-order valence-electron chi connectivity index (χ2n) is 6.25. The van der Waals surface area contributed by atoms with E-state index in [1.165, 1.54) is 22.3 Å². The van der Waals surface area contributed by atoms with Crippen molar-refractivity contribution in [2.45, 2.75) is 18.4 Å². The van der Waals surface area contributed by atoms with Crippen LogP contribution in [0.15, 0.2) is 18.2 Å². The topological polar surface area (TPSA) is 73.7 Å². The number of likely N-dealkylation sites (tertiary alicyclic amines) is 1. The molecule has 1 aromatic carbocycles. The van der Waals surface area contributed by atoms with Crippen LogP contribution in [-0.4, -0.2) is 39.3 Å². The van der Waals surface area contributed by atoms with Crippen molar-refractivity contribution >= 4 is 27.6 Å². The van der Waals surface area contributed by atoms with E-state index in [9.17, 15) is 14.3 Å². The van der Waals surface area contributed by atoms with Crippen LogP contribution in [0, 0.1) is 17.7 Å². The van der Waals surface area contributed by atoms with Crippen LogP contribution < -0.4 is 0 Å². The number of halogens is 1. The zero-order chi connectivity index (χ0) is 15.5. The van der Waals surface area contributed by atoms with Gasteiger partial charge in [0, 0.05) is 13.1 Å². The average Bonchev–Trinajstić information content (AvgIpc) is 3.10. The summed E-state index contributed by atoms with van der Waals surface area (Å²) < 4.78 is 14.5. The second-order valence-corrected chi connectivity index (χ2v) is 7.28. The van der Waals surface area contributed by atoms with Crippen LogP contribution in [0.5, 0.6) is 0 Å². The van der Waals surface area contributed by atoms with E-state index in [1.807, 2.05) is 0 Å². The molecule has 5 nitrogen and oxygen atoms in total. The van der Waals surface area contributed by atoms with Gasteiger partial charge in [-0.25, -0.2) is 14.2 Å². The lowest BCUT2D eigenvalue weighted by Crippen LogP contribution is -2.31. The molecule has 1 amide bonds. The van der Waals surface area contributed by atoms with Crippen LogP contribution in [0.1, 0.15) is 17.8 Å². The lowest BCUT2D eigenvalue weighted by Gasteiger charge is -2.22. The first kappa shape index (κ1) is 13.9. The summed E-state index contributed by atoms with van der Waals surface area (Å²) >= 11 is 1.32. The summed E-state index contributed by atoms with van der Waals surface area (Å²) in [5, 5.41) is 20.5. The molecule has 0 spiro atoms. The van der Waals surface area contributed by atoms with Crippen LogP contribution >= 0.6 is 11.3 Å². The van der Waals surface area contributed by atoms with Crippen molar-refractivity contribution in [1.29, 1.82) is 0 Å². The van der Waals surface area contributed by atoms with E-state index in [-0.39, 0.29) is 17.7 Å². The number of nitrogens with zero attached hydrogens (tertiary/aromatic N) is 2. The van der Waals surface area contributed by atoms with Crippen molar-refractivity contribution in [1.82, 2.24) is 9.88 Å². The number of aromatic nitrogens is 1. The van der Waals surface area contributed by atoms with Crippen molar-refractivity contribution in [3.8, 4) is 0 Å². The van der Waals surface area contributed by atoms with Gasteiger partial charge in [0.25, 0.3) is 0 Å². The summed E-state index contributed by atoms with van der Waals surface area (Å²) in [4.78, 5) is 16.8. The van der Waals surface area contributed by atoms with Crippen LogP contribution in [0.2, 0.25) is 0 Å². The number of carboxylic acid groups (broad SMARTS) is 1. The zero-order valence-corrected chi connectivity index (χ0v) is 12.5. The molecule has 2 aliphatic rings. The van der Waals surface area contributed by atoms with E-state index < -0.39 is 11.7 Å². The molecule has 4 rings (SSSR count). The minimum absolute atomic E-state index is 0.151. The molecule has 1 aromatic heterocycles. The molecular weight excluding hydrogens is 307 g/mol. The van der Waals surface area contributed by atoms with E-state index in [2.05, 4.69) is 4.98 Å². The summed E-state index contributed by atoms with van der Waals surface area (Å²) in [5.41, 5.74) is -0.754. The van der Waals surface area contributed by atoms with Crippen molar-refractivity contribution in [3.63, 3.8) is 0 Å². The number of hydrogen-bond acceptors (Lipinski definition) is 4. The molecule has 0 bridgehead atoms. The number of hydrogen-bond donors (Lipinski definition) is 2. The number of carbonyl (C=O) groups is 1. The van der Waals surface area contributed by atoms with Gasteiger partial charge in [-0.3, -0.25) is 0 Å². The molecule has 1 saturated heterocycles. The Morgan fingerprint density at radius 2 is 2.05 bits per heavy atom. The van der Waals surface area contributed by atoms with Crippen molar-refractivity contribution in [3.05, 3.63) is 29.0 Å². The Morgan fingerprint density at radius 3 is 2.64 bits per heavy atom. The third-order valence-corrected chi connectivity index (χ3v) is 6.03. The van der Waals surface area contributed by atoms with Crippen LogP contribution in [0.25, 0.3) is 10.2 Å². The molecule has 1 aliphatic carbocycles. The van der Waals surface area contributed by atoms with E-state index in [0.29, 0.717) is 36.5 Å². The molecule has 0 radical (unpaired) electrons. The summed E-state index contributed by atoms with van der Waals surface area (Å²) in [5.74, 6) is -0.0743. The average molecular weight is 322 g/mol. The molecule has 2 N–H and O–H groups in total. The number of rotatable bonds is 1. The van der Waals surface area contributed by atoms with Gasteiger partial charge in [0.2, 0.25) is 0 Å². The highest BCUT2D eigenvalue weighted by molar-refractivity contribution is 7.18. The van der Waals surface area contributed by atoms with Crippen molar-refractivity contribution in [2.24, 2.45) is 11.8 Å². The summed E-state index contributed by atoms with van der Waals surface area (Å²) in [7, 11) is 0. The Labute approximate surface area is 130 Å². The van der Waals surface area contributed by atoms with Gasteiger partial charge in [-0.1, -0.05) is 6.07 Å². The quantitative estimate of drug-likeness (QED) is 0.846. The van der Waals surface area contributed by atoms with Gasteiger partial charge < -0.3 is 15.1 Å². The smallest absolute Gasteiger partial charge is 0.407 e. The van der Waals surface area contributed by atoms with Crippen LogP contribution in [0.4, 0.5) is 9.18 Å². The Kier molecular flexibility index (Phi) is 2.93. The number of benzene rings is 1. The number of thiazole rings is 1. The molecule has 2 aromatic rings. The van der Waals surface area contributed by atoms with Gasteiger partial charge in [-0.15, -0.1) is 11.3 Å². The molecular formula is C15H15FN2O3S. The van der Waals surface area contributed by atoms with Gasteiger partial charge in [-0.2, -0.15) is 0 Å². The van der Waals surface area contributed by atoms with Gasteiger partial charge in [0.1, 0.15) is 21.9 Å². The van der Waals surface area contributed by atoms with E-state index in [1.54, 1.807) is 12.1 Å². The van der Waals surface area contributed by atoms with Gasteiger partial charge >= 0.3 is 6.09 Å². The fraction of sp³-hybridized carbons (Fsp3) is 0.467. The fourth-order valence-corrected chi connectivity index (χ4v) is 4.89. The third-order valence-electron chi connectivity index (χ3n) is 4.81. The highest BCUT2D eigenvalue weighted by Crippen LogP contribution is 2.50. The molecule has 7 heteroatoms. The minimum atomic E-state index is -1.06. The minimum Gasteiger partial charge on any atom is -0.465 e. The molecule has 22 heavy (non-hydrogen) atoms. The standard InChI is InChI=1S/C15H15FN2O3S/c16-10-2-1-3-11-12(10)17-13(22-11)15(21)4-8-6-18(14(19)20)7-9(8)5-15/h1-3,8-9,21H,4-7H2,(H,19,20)/t8-,9+,15+. The number of para-hydroxylation sites is 1. The van der Waals surface area contributed by atoms with Gasteiger partial charge in [0.15, 0.2) is 0 Å². The lowest BCUT2D eigenvalue weighted by molar-refractivity contribution is 0.0314. The molecule has 2 heterocycles. The SMILES string of the molecule is O=C(O)N1C[C@@H]2C[C@](O)(c3nc4c(F)cccc4s3)C[C@@H]2C1. The van der Waals surface area contributed by atoms with Crippen molar-refractivity contribution < 1.29 is 19.4 Å². The molecule has 1 saturated carbocycles. The van der Waals surface area contributed by atoms with Crippen LogP contribution in [-0.2, 0) is 5.60 Å². The Morgan fingerprint density at radius 1 is 1.36 bits per heavy atom. The Bertz CT molecular complexity index is 748. The van der Waals surface area contributed by atoms with E-state index in [4.69, 9.17) is 5.11 Å². The second kappa shape index (κ2) is 4.63. The predicted molar refractivity (Wildman–Crippen MR) is 79.3 cm³/mol. The largest absolute Gasteiger partial charge is 0.465 e. The summed E-state index contributed by atoms with van der Waals surface area (Å²) in [6.07, 6.45) is 0.0752. The normalized spacial score (nSPS) is 30.9. The Hall–Kier alpha value is -1.73. The van der Waals surface area contributed by atoms with E-state index in [0.717, 1.165) is 4.70 Å². The first-order chi connectivity index (χ1) is 10.5. The summed E-state index contributed by atoms with van der Waals surface area (Å²) in [6.45, 7) is 0.920. The number of fused-ring (bicyclic) bond motifs is 2. The maximum absolute atomic E-state index is 13.8. The molecule has 116 valence electrons. The van der Waals surface area contributed by atoms with E-state index >= 15 is 0 Å². The monoisotopic (exact) mass is 322 g/mol. The van der Waals surface area contributed by atoms with Crippen LogP contribution in [0.3, 0.4) is 0 Å². The summed E-state index contributed by atoms with van der Waals surface area (Å²) in [6, 6.07) is 4.80. The highest BCUT2D eigenvalue weighted by Gasteiger charge is 2.51. The van der Waals surface area contributed by atoms with Gasteiger partial charge in [0.05, 0.1) is 4.70 Å². The maximum atomic E-state index is 13.8. The molecule has 1 aliphatic heterocycles. The highest BCUT2D eigenvalue weighted by atomic mass is 32.1. The first-order valence-electron chi connectivity index (χ1n) is 7.22. The lowest BCUT2D eigenvalue weighted by atomic mass is 10.0. The third kappa shape index (κ3) is 1.99. The molecule has 0 unspecified atom stereocenters. The number of aliphatic hydroxyl groups is 1. The zero-order valence-electron chi connectivity index (χ0n) is 11.7. The van der Waals surface area contributed by atoms with Gasteiger partial charge in [-0.05, 0) is 36.8 Å². The van der Waals surface area contributed by atoms with Crippen molar-refractivity contribution in [2.75, 3.05) is 13.1 Å². The molecule has 2 fully saturated rings.